The number of carbonyl (C=O) groups excluding carboxylic acids is 2. The summed E-state index contributed by atoms with van der Waals surface area (Å²) < 4.78 is 11.4. The normalized spacial score (nSPS) is 14.3. The Morgan fingerprint density at radius 2 is 1.75 bits per heavy atom. The highest BCUT2D eigenvalue weighted by molar-refractivity contribution is 6.30. The van der Waals surface area contributed by atoms with Crippen LogP contribution in [0.15, 0.2) is 66.4 Å². The number of halogens is 1. The molecule has 32 heavy (non-hydrogen) atoms. The van der Waals surface area contributed by atoms with Crippen molar-refractivity contribution in [3.8, 4) is 11.5 Å². The van der Waals surface area contributed by atoms with Crippen LogP contribution in [0.4, 0.5) is 0 Å². The summed E-state index contributed by atoms with van der Waals surface area (Å²) in [7, 11) is 0. The Morgan fingerprint density at radius 1 is 1.03 bits per heavy atom. The Labute approximate surface area is 192 Å². The van der Waals surface area contributed by atoms with Crippen LogP contribution in [-0.2, 0) is 5.41 Å². The first kappa shape index (κ1) is 21.8. The minimum atomic E-state index is -0.469. The van der Waals surface area contributed by atoms with Crippen molar-refractivity contribution in [3.63, 3.8) is 0 Å². The third-order valence-electron chi connectivity index (χ3n) is 5.29. The van der Waals surface area contributed by atoms with Crippen molar-refractivity contribution >= 4 is 29.4 Å². The molecule has 0 atom stereocenters. The number of aryl methyl sites for hydroxylation is 1. The van der Waals surface area contributed by atoms with Crippen molar-refractivity contribution in [2.75, 3.05) is 0 Å². The van der Waals surface area contributed by atoms with Crippen molar-refractivity contribution < 1.29 is 19.1 Å². The monoisotopic (exact) mass is 446 g/mol. The molecule has 162 valence electrons. The summed E-state index contributed by atoms with van der Waals surface area (Å²) in [5.41, 5.74) is 3.49. The molecule has 0 saturated heterocycles. The Balaban J connectivity index is 1.56. The van der Waals surface area contributed by atoms with Gasteiger partial charge in [0.15, 0.2) is 5.76 Å². The van der Waals surface area contributed by atoms with E-state index in [0.717, 1.165) is 11.1 Å². The number of ketones is 1. The smallest absolute Gasteiger partial charge is 0.343 e. The number of benzene rings is 3. The molecule has 1 heterocycles. The Morgan fingerprint density at radius 3 is 2.41 bits per heavy atom. The molecule has 0 aliphatic carbocycles. The van der Waals surface area contributed by atoms with Gasteiger partial charge in [0.05, 0.1) is 11.1 Å². The van der Waals surface area contributed by atoms with Gasteiger partial charge in [0.25, 0.3) is 0 Å². The molecular formula is C27H23ClO4. The second-order valence-electron chi connectivity index (χ2n) is 8.82. The summed E-state index contributed by atoms with van der Waals surface area (Å²) >= 11 is 6.03. The zero-order valence-corrected chi connectivity index (χ0v) is 19.1. The van der Waals surface area contributed by atoms with E-state index in [4.69, 9.17) is 21.1 Å². The summed E-state index contributed by atoms with van der Waals surface area (Å²) in [6.07, 6.45) is 1.65. The first-order valence-electron chi connectivity index (χ1n) is 10.3. The maximum Gasteiger partial charge on any atom is 0.343 e. The molecule has 0 fully saturated rings. The van der Waals surface area contributed by atoms with Gasteiger partial charge in [-0.25, -0.2) is 4.79 Å². The maximum absolute atomic E-state index is 12.8. The molecule has 0 N–H and O–H groups in total. The highest BCUT2D eigenvalue weighted by Crippen LogP contribution is 2.38. The van der Waals surface area contributed by atoms with E-state index in [2.05, 4.69) is 20.8 Å². The topological polar surface area (TPSA) is 52.6 Å². The average Bonchev–Trinajstić information content (AvgIpc) is 3.03. The Kier molecular flexibility index (Phi) is 5.66. The lowest BCUT2D eigenvalue weighted by molar-refractivity contribution is 0.0734. The molecule has 0 bridgehead atoms. The second kappa shape index (κ2) is 8.29. The average molecular weight is 447 g/mol. The van der Waals surface area contributed by atoms with Gasteiger partial charge in [-0.05, 0) is 65.4 Å². The molecule has 1 aliphatic heterocycles. The molecule has 0 spiro atoms. The van der Waals surface area contributed by atoms with Crippen molar-refractivity contribution in [2.24, 2.45) is 0 Å². The van der Waals surface area contributed by atoms with Crippen LogP contribution in [0.3, 0.4) is 0 Å². The van der Waals surface area contributed by atoms with Crippen LogP contribution < -0.4 is 9.47 Å². The Hall–Kier alpha value is -3.37. The van der Waals surface area contributed by atoms with E-state index in [1.54, 1.807) is 55.5 Å². The third kappa shape index (κ3) is 4.46. The zero-order chi connectivity index (χ0) is 23.0. The van der Waals surface area contributed by atoms with Gasteiger partial charge >= 0.3 is 5.97 Å². The van der Waals surface area contributed by atoms with Crippen molar-refractivity contribution in [1.29, 1.82) is 0 Å². The molecule has 0 aromatic heterocycles. The van der Waals surface area contributed by atoms with Crippen LogP contribution in [0.2, 0.25) is 5.02 Å². The largest absolute Gasteiger partial charge is 0.452 e. The lowest BCUT2D eigenvalue weighted by Crippen LogP contribution is -2.13. The lowest BCUT2D eigenvalue weighted by Gasteiger charge is -2.18. The fourth-order valence-corrected chi connectivity index (χ4v) is 3.76. The standard InChI is InChI=1S/C27H23ClO4/c1-16-12-21(31-26(30)18-8-10-19(11-9-18)27(2,3)4)15-22-24(16)25(29)23(32-22)14-17-6-5-7-20(28)13-17/h5-15H,1-4H3/b23-14-. The number of esters is 1. The van der Waals surface area contributed by atoms with Crippen LogP contribution in [0, 0.1) is 6.92 Å². The van der Waals surface area contributed by atoms with Gasteiger partial charge < -0.3 is 9.47 Å². The minimum Gasteiger partial charge on any atom is -0.452 e. The van der Waals surface area contributed by atoms with Gasteiger partial charge in [-0.15, -0.1) is 0 Å². The maximum atomic E-state index is 12.8. The molecule has 5 heteroatoms. The Bertz CT molecular complexity index is 1250. The van der Waals surface area contributed by atoms with Gasteiger partial charge in [-0.2, -0.15) is 0 Å². The first-order valence-corrected chi connectivity index (χ1v) is 10.7. The van der Waals surface area contributed by atoms with Crippen molar-refractivity contribution in [2.45, 2.75) is 33.1 Å². The third-order valence-corrected chi connectivity index (χ3v) is 5.52. The van der Waals surface area contributed by atoms with E-state index < -0.39 is 5.97 Å². The van der Waals surface area contributed by atoms with Crippen LogP contribution >= 0.6 is 11.6 Å². The number of ether oxygens (including phenoxy) is 2. The molecule has 0 amide bonds. The van der Waals surface area contributed by atoms with E-state index >= 15 is 0 Å². The number of carbonyl (C=O) groups is 2. The fraction of sp³-hybridized carbons (Fsp3) is 0.185. The fourth-order valence-electron chi connectivity index (χ4n) is 3.56. The summed E-state index contributed by atoms with van der Waals surface area (Å²) in [6.45, 7) is 8.13. The summed E-state index contributed by atoms with van der Waals surface area (Å²) in [6, 6.07) is 17.8. The van der Waals surface area contributed by atoms with Gasteiger partial charge in [-0.3, -0.25) is 4.79 Å². The van der Waals surface area contributed by atoms with E-state index in [9.17, 15) is 9.59 Å². The highest BCUT2D eigenvalue weighted by atomic mass is 35.5. The van der Waals surface area contributed by atoms with Gasteiger partial charge in [0, 0.05) is 11.1 Å². The van der Waals surface area contributed by atoms with Crippen LogP contribution in [-0.4, -0.2) is 11.8 Å². The predicted molar refractivity (Wildman–Crippen MR) is 126 cm³/mol. The summed E-state index contributed by atoms with van der Waals surface area (Å²) in [5, 5.41) is 0.572. The van der Waals surface area contributed by atoms with Crippen LogP contribution in [0.25, 0.3) is 6.08 Å². The molecule has 3 aromatic rings. The summed E-state index contributed by atoms with van der Waals surface area (Å²) in [4.78, 5) is 25.5. The number of hydrogen-bond acceptors (Lipinski definition) is 4. The summed E-state index contributed by atoms with van der Waals surface area (Å²) in [5.74, 6) is 0.209. The SMILES string of the molecule is Cc1cc(OC(=O)c2ccc(C(C)(C)C)cc2)cc2c1C(=O)/C(=C/c1cccc(Cl)c1)O2. The molecular weight excluding hydrogens is 424 g/mol. The van der Waals surface area contributed by atoms with Gasteiger partial charge in [-0.1, -0.05) is 56.6 Å². The molecule has 0 saturated carbocycles. The van der Waals surface area contributed by atoms with Crippen LogP contribution in [0.1, 0.15) is 58.2 Å². The quantitative estimate of drug-likeness (QED) is 0.253. The predicted octanol–water partition coefficient (Wildman–Crippen LogP) is 6.78. The highest BCUT2D eigenvalue weighted by Gasteiger charge is 2.30. The van der Waals surface area contributed by atoms with Gasteiger partial charge in [0.1, 0.15) is 11.5 Å². The second-order valence-corrected chi connectivity index (χ2v) is 9.26. The van der Waals surface area contributed by atoms with Gasteiger partial charge in [0.2, 0.25) is 5.78 Å². The number of hydrogen-bond donors (Lipinski definition) is 0. The molecule has 0 unspecified atom stereocenters. The molecule has 4 rings (SSSR count). The first-order chi connectivity index (χ1) is 15.1. The van der Waals surface area contributed by atoms with E-state index in [0.29, 0.717) is 33.2 Å². The van der Waals surface area contributed by atoms with Crippen LogP contribution in [0.5, 0.6) is 11.5 Å². The minimum absolute atomic E-state index is 0.000282. The van der Waals surface area contributed by atoms with E-state index in [1.165, 1.54) is 0 Å². The molecule has 4 nitrogen and oxygen atoms in total. The zero-order valence-electron chi connectivity index (χ0n) is 18.4. The van der Waals surface area contributed by atoms with E-state index in [1.807, 2.05) is 18.2 Å². The number of allylic oxidation sites excluding steroid dienone is 1. The number of rotatable bonds is 3. The molecule has 3 aromatic carbocycles. The van der Waals surface area contributed by atoms with Crippen molar-refractivity contribution in [3.05, 3.63) is 99.3 Å². The number of Topliss-reactive ketones (excluding diaryl/α,β-unsaturated/α-hetero) is 1. The van der Waals surface area contributed by atoms with E-state index in [-0.39, 0.29) is 17.0 Å². The number of fused-ring (bicyclic) bond motifs is 1. The van der Waals surface area contributed by atoms with Crippen molar-refractivity contribution in [1.82, 2.24) is 0 Å². The lowest BCUT2D eigenvalue weighted by atomic mass is 9.87. The molecule has 0 radical (unpaired) electrons. The molecule has 1 aliphatic rings.